The van der Waals surface area contributed by atoms with Crippen molar-refractivity contribution in [1.29, 1.82) is 0 Å². The van der Waals surface area contributed by atoms with Crippen molar-refractivity contribution in [3.05, 3.63) is 58.1 Å². The average molecular weight is 304 g/mol. The van der Waals surface area contributed by atoms with Crippen LogP contribution < -0.4 is 10.1 Å². The first-order chi connectivity index (χ1) is 9.97. The molecule has 2 aromatic rings. The minimum absolute atomic E-state index is 0.414. The zero-order chi connectivity index (χ0) is 15.4. The number of hydrogen-bond acceptors (Lipinski definition) is 2. The van der Waals surface area contributed by atoms with Gasteiger partial charge in [0.05, 0.1) is 5.02 Å². The first-order valence-corrected chi connectivity index (χ1v) is 7.61. The van der Waals surface area contributed by atoms with Crippen LogP contribution in [0.2, 0.25) is 5.02 Å². The van der Waals surface area contributed by atoms with Crippen molar-refractivity contribution in [3.63, 3.8) is 0 Å². The summed E-state index contributed by atoms with van der Waals surface area (Å²) in [6.45, 7) is 9.07. The van der Waals surface area contributed by atoms with Gasteiger partial charge in [-0.3, -0.25) is 0 Å². The van der Waals surface area contributed by atoms with Gasteiger partial charge in [0.15, 0.2) is 5.75 Å². The number of aryl methyl sites for hydroxylation is 2. The minimum atomic E-state index is 0.414. The summed E-state index contributed by atoms with van der Waals surface area (Å²) in [5, 5.41) is 4.04. The van der Waals surface area contributed by atoms with Crippen LogP contribution in [0.1, 0.15) is 30.5 Å². The third kappa shape index (κ3) is 4.23. The molecule has 0 aliphatic heterocycles. The third-order valence-corrected chi connectivity index (χ3v) is 3.60. The molecule has 0 atom stereocenters. The van der Waals surface area contributed by atoms with E-state index in [1.807, 2.05) is 31.2 Å². The summed E-state index contributed by atoms with van der Waals surface area (Å²) >= 11 is 6.33. The Morgan fingerprint density at radius 1 is 1.14 bits per heavy atom. The van der Waals surface area contributed by atoms with E-state index in [1.165, 1.54) is 5.56 Å². The van der Waals surface area contributed by atoms with Gasteiger partial charge in [-0.1, -0.05) is 49.7 Å². The van der Waals surface area contributed by atoms with Gasteiger partial charge in [0.25, 0.3) is 0 Å². The molecule has 0 amide bonds. The van der Waals surface area contributed by atoms with Gasteiger partial charge >= 0.3 is 0 Å². The molecular weight excluding hydrogens is 282 g/mol. The summed E-state index contributed by atoms with van der Waals surface area (Å²) in [5.74, 6) is 1.59. The van der Waals surface area contributed by atoms with Gasteiger partial charge < -0.3 is 10.1 Å². The van der Waals surface area contributed by atoms with Crippen LogP contribution in [0.15, 0.2) is 36.4 Å². The highest BCUT2D eigenvalue weighted by atomic mass is 35.5. The Bertz CT molecular complexity index is 623. The molecule has 0 spiro atoms. The zero-order valence-corrected chi connectivity index (χ0v) is 13.8. The summed E-state index contributed by atoms with van der Waals surface area (Å²) in [6.07, 6.45) is 0. The van der Waals surface area contributed by atoms with E-state index in [0.717, 1.165) is 29.2 Å². The SMILES string of the molecule is Cc1ccc(C)c(Oc2c(Cl)cccc2CNC(C)C)c1. The molecule has 0 aromatic heterocycles. The Labute approximate surface area is 132 Å². The molecule has 1 N–H and O–H groups in total. The van der Waals surface area contributed by atoms with E-state index < -0.39 is 0 Å². The molecule has 2 nitrogen and oxygen atoms in total. The number of hydrogen-bond donors (Lipinski definition) is 1. The first kappa shape index (κ1) is 15.9. The van der Waals surface area contributed by atoms with E-state index in [2.05, 4.69) is 38.2 Å². The zero-order valence-electron chi connectivity index (χ0n) is 13.0. The van der Waals surface area contributed by atoms with Crippen molar-refractivity contribution in [2.75, 3.05) is 0 Å². The lowest BCUT2D eigenvalue weighted by Gasteiger charge is -2.16. The number of nitrogens with one attached hydrogen (secondary N) is 1. The fraction of sp³-hybridized carbons (Fsp3) is 0.333. The molecule has 2 rings (SSSR count). The number of ether oxygens (including phenoxy) is 1. The topological polar surface area (TPSA) is 21.3 Å². The molecule has 0 saturated heterocycles. The molecule has 0 aliphatic rings. The minimum Gasteiger partial charge on any atom is -0.455 e. The molecule has 112 valence electrons. The largest absolute Gasteiger partial charge is 0.455 e. The van der Waals surface area contributed by atoms with E-state index in [1.54, 1.807) is 0 Å². The smallest absolute Gasteiger partial charge is 0.150 e. The van der Waals surface area contributed by atoms with Gasteiger partial charge in [-0.25, -0.2) is 0 Å². The van der Waals surface area contributed by atoms with Crippen LogP contribution in [0.4, 0.5) is 0 Å². The van der Waals surface area contributed by atoms with Crippen LogP contribution in [0.5, 0.6) is 11.5 Å². The second kappa shape index (κ2) is 6.97. The highest BCUT2D eigenvalue weighted by Crippen LogP contribution is 2.34. The maximum Gasteiger partial charge on any atom is 0.150 e. The van der Waals surface area contributed by atoms with E-state index in [4.69, 9.17) is 16.3 Å². The Hall–Kier alpha value is -1.51. The predicted octanol–water partition coefficient (Wildman–Crippen LogP) is 5.25. The number of benzene rings is 2. The Morgan fingerprint density at radius 2 is 1.90 bits per heavy atom. The summed E-state index contributed by atoms with van der Waals surface area (Å²) in [7, 11) is 0. The monoisotopic (exact) mass is 303 g/mol. The number of rotatable bonds is 5. The van der Waals surface area contributed by atoms with E-state index >= 15 is 0 Å². The van der Waals surface area contributed by atoms with Crippen LogP contribution in [-0.4, -0.2) is 6.04 Å². The molecule has 0 bridgehead atoms. The van der Waals surface area contributed by atoms with Gasteiger partial charge in [-0.05, 0) is 37.1 Å². The van der Waals surface area contributed by atoms with Gasteiger partial charge in [0, 0.05) is 18.2 Å². The second-order valence-electron chi connectivity index (χ2n) is 5.63. The van der Waals surface area contributed by atoms with E-state index in [0.29, 0.717) is 11.1 Å². The molecule has 3 heteroatoms. The van der Waals surface area contributed by atoms with Crippen molar-refractivity contribution in [1.82, 2.24) is 5.32 Å². The molecule has 21 heavy (non-hydrogen) atoms. The quantitative estimate of drug-likeness (QED) is 0.815. The lowest BCUT2D eigenvalue weighted by atomic mass is 10.1. The lowest BCUT2D eigenvalue weighted by Crippen LogP contribution is -2.22. The molecule has 0 radical (unpaired) electrons. The highest BCUT2D eigenvalue weighted by Gasteiger charge is 2.11. The second-order valence-corrected chi connectivity index (χ2v) is 6.04. The van der Waals surface area contributed by atoms with Gasteiger partial charge in [0.2, 0.25) is 0 Å². The summed E-state index contributed by atoms with van der Waals surface area (Å²) in [4.78, 5) is 0. The normalized spacial score (nSPS) is 11.0. The molecule has 0 unspecified atom stereocenters. The fourth-order valence-corrected chi connectivity index (χ4v) is 2.28. The molecule has 0 fully saturated rings. The summed E-state index contributed by atoms with van der Waals surface area (Å²) in [6, 6.07) is 12.5. The van der Waals surface area contributed by atoms with E-state index in [-0.39, 0.29) is 0 Å². The lowest BCUT2D eigenvalue weighted by molar-refractivity contribution is 0.466. The summed E-state index contributed by atoms with van der Waals surface area (Å²) in [5.41, 5.74) is 3.34. The number of halogens is 1. The third-order valence-electron chi connectivity index (χ3n) is 3.30. The van der Waals surface area contributed by atoms with Crippen LogP contribution >= 0.6 is 11.6 Å². The van der Waals surface area contributed by atoms with Crippen LogP contribution in [0.25, 0.3) is 0 Å². The van der Waals surface area contributed by atoms with Gasteiger partial charge in [0.1, 0.15) is 5.75 Å². The Morgan fingerprint density at radius 3 is 2.62 bits per heavy atom. The van der Waals surface area contributed by atoms with Crippen LogP contribution in [0.3, 0.4) is 0 Å². The molecular formula is C18H22ClNO. The number of para-hydroxylation sites is 1. The van der Waals surface area contributed by atoms with Gasteiger partial charge in [-0.15, -0.1) is 0 Å². The summed E-state index contributed by atoms with van der Waals surface area (Å²) < 4.78 is 6.11. The van der Waals surface area contributed by atoms with E-state index in [9.17, 15) is 0 Å². The van der Waals surface area contributed by atoms with Gasteiger partial charge in [-0.2, -0.15) is 0 Å². The van der Waals surface area contributed by atoms with Crippen LogP contribution in [-0.2, 0) is 6.54 Å². The fourth-order valence-electron chi connectivity index (χ4n) is 2.05. The standard InChI is InChI=1S/C18H22ClNO/c1-12(2)20-11-15-6-5-7-16(19)18(15)21-17-10-13(3)8-9-14(17)4/h5-10,12,20H,11H2,1-4H3. The maximum atomic E-state index is 6.33. The van der Waals surface area contributed by atoms with Crippen molar-refractivity contribution < 1.29 is 4.74 Å². The van der Waals surface area contributed by atoms with Crippen LogP contribution in [0, 0.1) is 13.8 Å². The van der Waals surface area contributed by atoms with Crippen molar-refractivity contribution in [2.24, 2.45) is 0 Å². The van der Waals surface area contributed by atoms with Crippen molar-refractivity contribution >= 4 is 11.6 Å². The van der Waals surface area contributed by atoms with Crippen molar-refractivity contribution in [2.45, 2.75) is 40.3 Å². The Kier molecular flexibility index (Phi) is 5.27. The Balaban J connectivity index is 2.32. The molecule has 0 heterocycles. The average Bonchev–Trinajstić information content (AvgIpc) is 2.43. The first-order valence-electron chi connectivity index (χ1n) is 7.23. The predicted molar refractivity (Wildman–Crippen MR) is 89.4 cm³/mol. The molecule has 0 aliphatic carbocycles. The van der Waals surface area contributed by atoms with Crippen molar-refractivity contribution in [3.8, 4) is 11.5 Å². The molecule has 2 aromatic carbocycles. The highest BCUT2D eigenvalue weighted by molar-refractivity contribution is 6.32. The maximum absolute atomic E-state index is 6.33. The molecule has 0 saturated carbocycles.